The molecule has 0 heterocycles. The standard InChI is InChI=1S/C9H12O3/c1-4-7(10)8(5-2)12-9(11)6-3/h5-6,8H,2-4H2,1H3. The molecule has 3 nitrogen and oxygen atoms in total. The number of ether oxygens (including phenoxy) is 1. The number of rotatable bonds is 5. The average molecular weight is 168 g/mol. The minimum Gasteiger partial charge on any atom is -0.447 e. The highest BCUT2D eigenvalue weighted by molar-refractivity contribution is 5.89. The lowest BCUT2D eigenvalue weighted by molar-refractivity contribution is -0.147. The number of hydrogen-bond donors (Lipinski definition) is 0. The van der Waals surface area contributed by atoms with E-state index in [1.165, 1.54) is 6.08 Å². The molecule has 0 fully saturated rings. The third kappa shape index (κ3) is 3.14. The molecule has 0 saturated carbocycles. The first-order valence-corrected chi connectivity index (χ1v) is 3.64. The lowest BCUT2D eigenvalue weighted by atomic mass is 10.2. The van der Waals surface area contributed by atoms with Crippen molar-refractivity contribution in [2.45, 2.75) is 19.4 Å². The van der Waals surface area contributed by atoms with Gasteiger partial charge in [0, 0.05) is 12.5 Å². The highest BCUT2D eigenvalue weighted by Crippen LogP contribution is 1.99. The Balaban J connectivity index is 4.17. The molecule has 66 valence electrons. The van der Waals surface area contributed by atoms with Crippen LogP contribution in [0.4, 0.5) is 0 Å². The SMILES string of the molecule is C=CC(=O)OC(C=C)C(=O)CC. The Labute approximate surface area is 71.7 Å². The summed E-state index contributed by atoms with van der Waals surface area (Å²) in [5.74, 6) is -0.776. The van der Waals surface area contributed by atoms with Crippen molar-refractivity contribution in [1.82, 2.24) is 0 Å². The molecule has 0 amide bonds. The summed E-state index contributed by atoms with van der Waals surface area (Å²) < 4.78 is 4.68. The van der Waals surface area contributed by atoms with Gasteiger partial charge in [0.25, 0.3) is 0 Å². The van der Waals surface area contributed by atoms with Crippen LogP contribution >= 0.6 is 0 Å². The zero-order valence-electron chi connectivity index (χ0n) is 7.08. The van der Waals surface area contributed by atoms with Crippen LogP contribution in [-0.4, -0.2) is 17.9 Å². The zero-order valence-corrected chi connectivity index (χ0v) is 7.08. The molecule has 1 unspecified atom stereocenters. The maximum atomic E-state index is 11.0. The molecular formula is C9H12O3. The molecule has 0 aromatic carbocycles. The summed E-state index contributed by atoms with van der Waals surface area (Å²) >= 11 is 0. The van der Waals surface area contributed by atoms with E-state index in [4.69, 9.17) is 0 Å². The Morgan fingerprint density at radius 2 is 2.08 bits per heavy atom. The fraction of sp³-hybridized carbons (Fsp3) is 0.333. The second-order valence-corrected chi connectivity index (χ2v) is 2.12. The molecule has 0 radical (unpaired) electrons. The molecule has 0 N–H and O–H groups in total. The van der Waals surface area contributed by atoms with Crippen LogP contribution in [0.2, 0.25) is 0 Å². The first-order valence-electron chi connectivity index (χ1n) is 3.64. The predicted octanol–water partition coefficient (Wildman–Crippen LogP) is 1.25. The van der Waals surface area contributed by atoms with Crippen LogP contribution in [0.25, 0.3) is 0 Å². The Hall–Kier alpha value is -1.38. The average Bonchev–Trinajstić information content (AvgIpc) is 2.12. The number of Topliss-reactive ketones (excluding diaryl/α,β-unsaturated/α-hetero) is 1. The summed E-state index contributed by atoms with van der Waals surface area (Å²) in [6, 6.07) is 0. The molecule has 0 rings (SSSR count). The van der Waals surface area contributed by atoms with Crippen molar-refractivity contribution in [2.75, 3.05) is 0 Å². The molecule has 0 saturated heterocycles. The van der Waals surface area contributed by atoms with Crippen LogP contribution in [0.1, 0.15) is 13.3 Å². The van der Waals surface area contributed by atoms with Gasteiger partial charge in [-0.25, -0.2) is 4.79 Å². The lowest BCUT2D eigenvalue weighted by Crippen LogP contribution is -2.23. The van der Waals surface area contributed by atoms with Crippen molar-refractivity contribution in [2.24, 2.45) is 0 Å². The van der Waals surface area contributed by atoms with E-state index in [0.29, 0.717) is 6.42 Å². The normalized spacial score (nSPS) is 11.4. The third-order valence-electron chi connectivity index (χ3n) is 1.29. The lowest BCUT2D eigenvalue weighted by Gasteiger charge is -2.09. The van der Waals surface area contributed by atoms with Gasteiger partial charge in [-0.3, -0.25) is 4.79 Å². The van der Waals surface area contributed by atoms with E-state index in [0.717, 1.165) is 6.08 Å². The second kappa shape index (κ2) is 5.29. The molecule has 0 aromatic rings. The number of carbonyl (C=O) groups is 2. The summed E-state index contributed by atoms with van der Waals surface area (Å²) in [5.41, 5.74) is 0. The number of esters is 1. The first kappa shape index (κ1) is 10.6. The van der Waals surface area contributed by atoms with E-state index in [9.17, 15) is 9.59 Å². The van der Waals surface area contributed by atoms with E-state index in [2.05, 4.69) is 17.9 Å². The molecular weight excluding hydrogens is 156 g/mol. The molecule has 0 aliphatic heterocycles. The van der Waals surface area contributed by atoms with Crippen molar-refractivity contribution in [3.05, 3.63) is 25.3 Å². The van der Waals surface area contributed by atoms with E-state index in [1.54, 1.807) is 6.92 Å². The summed E-state index contributed by atoms with van der Waals surface area (Å²) in [6.45, 7) is 8.29. The highest BCUT2D eigenvalue weighted by Gasteiger charge is 2.15. The van der Waals surface area contributed by atoms with Gasteiger partial charge in [-0.05, 0) is 6.08 Å². The van der Waals surface area contributed by atoms with Gasteiger partial charge in [0.15, 0.2) is 11.9 Å². The second-order valence-electron chi connectivity index (χ2n) is 2.12. The monoisotopic (exact) mass is 168 g/mol. The third-order valence-corrected chi connectivity index (χ3v) is 1.29. The highest BCUT2D eigenvalue weighted by atomic mass is 16.5. The van der Waals surface area contributed by atoms with Gasteiger partial charge in [-0.1, -0.05) is 20.1 Å². The molecule has 0 bridgehead atoms. The van der Waals surface area contributed by atoms with Crippen molar-refractivity contribution >= 4 is 11.8 Å². The molecule has 0 spiro atoms. The smallest absolute Gasteiger partial charge is 0.331 e. The maximum Gasteiger partial charge on any atom is 0.331 e. The van der Waals surface area contributed by atoms with Crippen LogP contribution < -0.4 is 0 Å². The first-order chi connectivity index (χ1) is 5.65. The fourth-order valence-electron chi connectivity index (χ4n) is 0.620. The van der Waals surface area contributed by atoms with Gasteiger partial charge < -0.3 is 4.74 Å². The van der Waals surface area contributed by atoms with Crippen LogP contribution in [-0.2, 0) is 14.3 Å². The van der Waals surface area contributed by atoms with Crippen LogP contribution in [0.15, 0.2) is 25.3 Å². The van der Waals surface area contributed by atoms with E-state index in [-0.39, 0.29) is 5.78 Å². The molecule has 0 aliphatic carbocycles. The summed E-state index contributed by atoms with van der Waals surface area (Å²) in [4.78, 5) is 21.7. The zero-order chi connectivity index (χ0) is 9.56. The Bertz CT molecular complexity index is 206. The Morgan fingerprint density at radius 1 is 1.50 bits per heavy atom. The van der Waals surface area contributed by atoms with Gasteiger partial charge in [0.1, 0.15) is 0 Å². The van der Waals surface area contributed by atoms with E-state index >= 15 is 0 Å². The van der Waals surface area contributed by atoms with Gasteiger partial charge in [0.2, 0.25) is 0 Å². The maximum absolute atomic E-state index is 11.0. The van der Waals surface area contributed by atoms with Gasteiger partial charge in [-0.15, -0.1) is 0 Å². The van der Waals surface area contributed by atoms with Gasteiger partial charge in [0.05, 0.1) is 0 Å². The predicted molar refractivity (Wildman–Crippen MR) is 45.6 cm³/mol. The molecule has 0 aromatic heterocycles. The van der Waals surface area contributed by atoms with E-state index in [1.807, 2.05) is 0 Å². The molecule has 3 heteroatoms. The Morgan fingerprint density at radius 3 is 2.42 bits per heavy atom. The van der Waals surface area contributed by atoms with Crippen molar-refractivity contribution in [1.29, 1.82) is 0 Å². The molecule has 1 atom stereocenters. The fourth-order valence-corrected chi connectivity index (χ4v) is 0.620. The molecule has 0 aliphatic rings. The topological polar surface area (TPSA) is 43.4 Å². The van der Waals surface area contributed by atoms with Crippen LogP contribution in [0.5, 0.6) is 0 Å². The van der Waals surface area contributed by atoms with E-state index < -0.39 is 12.1 Å². The van der Waals surface area contributed by atoms with Crippen molar-refractivity contribution in [3.63, 3.8) is 0 Å². The summed E-state index contributed by atoms with van der Waals surface area (Å²) in [6.07, 6.45) is 1.80. The Kier molecular flexibility index (Phi) is 4.69. The molecule has 12 heavy (non-hydrogen) atoms. The van der Waals surface area contributed by atoms with Gasteiger partial charge in [-0.2, -0.15) is 0 Å². The number of hydrogen-bond acceptors (Lipinski definition) is 3. The minimum absolute atomic E-state index is 0.166. The minimum atomic E-state index is -0.833. The van der Waals surface area contributed by atoms with Gasteiger partial charge >= 0.3 is 5.97 Å². The van der Waals surface area contributed by atoms with Crippen molar-refractivity contribution in [3.8, 4) is 0 Å². The largest absolute Gasteiger partial charge is 0.447 e. The number of carbonyl (C=O) groups excluding carboxylic acids is 2. The summed E-state index contributed by atoms with van der Waals surface area (Å²) in [7, 11) is 0. The van der Waals surface area contributed by atoms with Crippen LogP contribution in [0.3, 0.4) is 0 Å². The summed E-state index contributed by atoms with van der Waals surface area (Å²) in [5, 5.41) is 0. The van der Waals surface area contributed by atoms with Crippen LogP contribution in [0, 0.1) is 0 Å². The quantitative estimate of drug-likeness (QED) is 0.352. The van der Waals surface area contributed by atoms with Crippen molar-refractivity contribution < 1.29 is 14.3 Å². The number of ketones is 1.